The van der Waals surface area contributed by atoms with Crippen molar-refractivity contribution in [3.63, 3.8) is 0 Å². The highest BCUT2D eigenvalue weighted by Crippen LogP contribution is 2.39. The Balaban J connectivity index is 1.07. The predicted molar refractivity (Wildman–Crippen MR) is 232 cm³/mol. The fourth-order valence-corrected chi connectivity index (χ4v) is 8.66. The van der Waals surface area contributed by atoms with Crippen molar-refractivity contribution in [3.8, 4) is 45.5 Å². The van der Waals surface area contributed by atoms with Crippen molar-refractivity contribution in [1.29, 1.82) is 0 Å². The first-order chi connectivity index (χ1) is 28.3. The lowest BCUT2D eigenvalue weighted by Crippen LogP contribution is -2.01. The van der Waals surface area contributed by atoms with Crippen molar-refractivity contribution in [2.24, 2.45) is 0 Å². The molecule has 0 aliphatic carbocycles. The fourth-order valence-electron chi connectivity index (χ4n) is 8.66. The molecule has 8 aromatic carbocycles. The summed E-state index contributed by atoms with van der Waals surface area (Å²) in [4.78, 5) is 15.4. The Morgan fingerprint density at radius 1 is 0.333 bits per heavy atom. The molecule has 0 unspecified atom stereocenters. The van der Waals surface area contributed by atoms with Crippen LogP contribution in [0, 0.1) is 0 Å². The van der Waals surface area contributed by atoms with Gasteiger partial charge in [-0.3, -0.25) is 0 Å². The third kappa shape index (κ3) is 4.87. The number of fused-ring (bicyclic) bond motifs is 9. The van der Waals surface area contributed by atoms with Crippen LogP contribution in [-0.4, -0.2) is 24.1 Å². The van der Waals surface area contributed by atoms with Gasteiger partial charge in [-0.15, -0.1) is 0 Å². The van der Waals surface area contributed by atoms with Gasteiger partial charge in [0.15, 0.2) is 17.5 Å². The number of hydrogen-bond donors (Lipinski definition) is 0. The zero-order valence-corrected chi connectivity index (χ0v) is 30.5. The van der Waals surface area contributed by atoms with Crippen molar-refractivity contribution >= 4 is 65.6 Å². The van der Waals surface area contributed by atoms with Gasteiger partial charge in [0.05, 0.1) is 22.1 Å². The normalized spacial score (nSPS) is 11.9. The Morgan fingerprint density at radius 2 is 0.842 bits per heavy atom. The highest BCUT2D eigenvalue weighted by molar-refractivity contribution is 6.13. The summed E-state index contributed by atoms with van der Waals surface area (Å²) in [5.74, 6) is 1.80. The van der Waals surface area contributed by atoms with E-state index in [1.807, 2.05) is 60.7 Å². The molecule has 12 rings (SSSR count). The molecule has 6 nitrogen and oxygen atoms in total. The molecule has 0 radical (unpaired) electrons. The van der Waals surface area contributed by atoms with E-state index in [1.54, 1.807) is 0 Å². The average Bonchev–Trinajstić information content (AvgIpc) is 3.94. The standard InChI is InChI=1S/C51H31N5O/c1-2-14-32(15-3-1)49-52-50(54-51(53-49)41-22-13-27-47-48(41)40-21-7-11-26-46(40)57-47)33-16-12-17-34(30-33)56-44-25-10-6-20-38(44)39-29-28-35(31-45(39)56)55-42-23-8-4-18-36(42)37-19-5-9-24-43(37)55/h1-31H. The van der Waals surface area contributed by atoms with Gasteiger partial charge in [0.2, 0.25) is 0 Å². The quantitative estimate of drug-likeness (QED) is 0.177. The summed E-state index contributed by atoms with van der Waals surface area (Å²) in [5.41, 5.74) is 11.1. The van der Waals surface area contributed by atoms with Crippen LogP contribution in [-0.2, 0) is 0 Å². The number of nitrogens with zero attached hydrogens (tertiary/aromatic N) is 5. The molecule has 0 aliphatic rings. The van der Waals surface area contributed by atoms with E-state index in [-0.39, 0.29) is 0 Å². The monoisotopic (exact) mass is 729 g/mol. The Morgan fingerprint density at radius 3 is 1.56 bits per heavy atom. The van der Waals surface area contributed by atoms with Gasteiger partial charge in [-0.05, 0) is 54.6 Å². The first-order valence-electron chi connectivity index (χ1n) is 19.1. The number of furan rings is 1. The van der Waals surface area contributed by atoms with Crippen LogP contribution in [0.5, 0.6) is 0 Å². The summed E-state index contributed by atoms with van der Waals surface area (Å²) in [7, 11) is 0. The average molecular weight is 730 g/mol. The van der Waals surface area contributed by atoms with Gasteiger partial charge in [-0.1, -0.05) is 133 Å². The van der Waals surface area contributed by atoms with E-state index in [0.29, 0.717) is 17.5 Å². The fraction of sp³-hybridized carbons (Fsp3) is 0. The SMILES string of the molecule is c1ccc(-c2nc(-c3cccc(-n4c5ccccc5c5ccc(-n6c7ccccc7c7ccccc76)cc54)c3)nc(-c3cccc4oc5ccccc5c34)n2)cc1. The Bertz CT molecular complexity index is 3490. The molecule has 0 spiro atoms. The number of rotatable bonds is 5. The molecular formula is C51H31N5O. The van der Waals surface area contributed by atoms with E-state index in [1.165, 1.54) is 32.6 Å². The Labute approximate surface area is 326 Å². The molecule has 0 atom stereocenters. The minimum Gasteiger partial charge on any atom is -0.456 e. The molecule has 266 valence electrons. The van der Waals surface area contributed by atoms with Crippen molar-refractivity contribution in [2.75, 3.05) is 0 Å². The molecule has 4 heterocycles. The summed E-state index contributed by atoms with van der Waals surface area (Å²) < 4.78 is 11.0. The predicted octanol–water partition coefficient (Wildman–Crippen LogP) is 13.0. The minimum atomic E-state index is 0.592. The van der Waals surface area contributed by atoms with Crippen molar-refractivity contribution in [2.45, 2.75) is 0 Å². The van der Waals surface area contributed by atoms with Crippen LogP contribution < -0.4 is 0 Å². The van der Waals surface area contributed by atoms with Crippen LogP contribution in [0.2, 0.25) is 0 Å². The molecule has 0 bridgehead atoms. The lowest BCUT2D eigenvalue weighted by molar-refractivity contribution is 0.669. The Kier molecular flexibility index (Phi) is 6.83. The van der Waals surface area contributed by atoms with E-state index in [9.17, 15) is 0 Å². The molecule has 0 saturated carbocycles. The van der Waals surface area contributed by atoms with E-state index < -0.39 is 0 Å². The lowest BCUT2D eigenvalue weighted by Gasteiger charge is -2.13. The summed E-state index contributed by atoms with van der Waals surface area (Å²) in [6.07, 6.45) is 0. The second kappa shape index (κ2) is 12.3. The summed E-state index contributed by atoms with van der Waals surface area (Å²) >= 11 is 0. The van der Waals surface area contributed by atoms with E-state index in [0.717, 1.165) is 61.0 Å². The smallest absolute Gasteiger partial charge is 0.164 e. The van der Waals surface area contributed by atoms with Crippen LogP contribution in [0.4, 0.5) is 0 Å². The molecule has 6 heteroatoms. The number of benzene rings is 8. The van der Waals surface area contributed by atoms with Crippen molar-refractivity contribution < 1.29 is 4.42 Å². The summed E-state index contributed by atoms with van der Waals surface area (Å²) in [6, 6.07) is 65.6. The summed E-state index contributed by atoms with van der Waals surface area (Å²) in [6.45, 7) is 0. The van der Waals surface area contributed by atoms with Crippen LogP contribution in [0.15, 0.2) is 192 Å². The van der Waals surface area contributed by atoms with E-state index >= 15 is 0 Å². The lowest BCUT2D eigenvalue weighted by atomic mass is 10.1. The van der Waals surface area contributed by atoms with Gasteiger partial charge in [0.1, 0.15) is 11.2 Å². The number of hydrogen-bond acceptors (Lipinski definition) is 4. The van der Waals surface area contributed by atoms with Crippen LogP contribution >= 0.6 is 0 Å². The second-order valence-electron chi connectivity index (χ2n) is 14.4. The molecule has 0 amide bonds. The van der Waals surface area contributed by atoms with Crippen molar-refractivity contribution in [3.05, 3.63) is 188 Å². The number of aromatic nitrogens is 5. The topological polar surface area (TPSA) is 61.7 Å². The third-order valence-corrected chi connectivity index (χ3v) is 11.2. The molecule has 12 aromatic rings. The Hall–Kier alpha value is -7.83. The minimum absolute atomic E-state index is 0.592. The highest BCUT2D eigenvalue weighted by atomic mass is 16.3. The van der Waals surface area contributed by atoms with Gasteiger partial charge < -0.3 is 13.6 Å². The molecule has 0 saturated heterocycles. The van der Waals surface area contributed by atoms with Crippen LogP contribution in [0.1, 0.15) is 0 Å². The molecule has 0 fully saturated rings. The molecule has 4 aromatic heterocycles. The van der Waals surface area contributed by atoms with Gasteiger partial charge >= 0.3 is 0 Å². The second-order valence-corrected chi connectivity index (χ2v) is 14.4. The third-order valence-electron chi connectivity index (χ3n) is 11.2. The van der Waals surface area contributed by atoms with Gasteiger partial charge in [-0.2, -0.15) is 0 Å². The zero-order chi connectivity index (χ0) is 37.5. The molecular weight excluding hydrogens is 699 g/mol. The highest BCUT2D eigenvalue weighted by Gasteiger charge is 2.20. The zero-order valence-electron chi connectivity index (χ0n) is 30.5. The van der Waals surface area contributed by atoms with Crippen LogP contribution in [0.25, 0.3) is 111 Å². The van der Waals surface area contributed by atoms with Gasteiger partial charge in [-0.25, -0.2) is 15.0 Å². The maximum absolute atomic E-state index is 6.27. The van der Waals surface area contributed by atoms with Crippen molar-refractivity contribution in [1.82, 2.24) is 24.1 Å². The largest absolute Gasteiger partial charge is 0.456 e. The molecule has 0 N–H and O–H groups in total. The number of para-hydroxylation sites is 4. The maximum Gasteiger partial charge on any atom is 0.164 e. The maximum atomic E-state index is 6.27. The van der Waals surface area contributed by atoms with Crippen LogP contribution in [0.3, 0.4) is 0 Å². The van der Waals surface area contributed by atoms with E-state index in [4.69, 9.17) is 19.4 Å². The van der Waals surface area contributed by atoms with E-state index in [2.05, 4.69) is 137 Å². The first-order valence-corrected chi connectivity index (χ1v) is 19.1. The first kappa shape index (κ1) is 31.5. The molecule has 0 aliphatic heterocycles. The van der Waals surface area contributed by atoms with Gasteiger partial charge in [0, 0.05) is 60.4 Å². The van der Waals surface area contributed by atoms with Gasteiger partial charge in [0.25, 0.3) is 0 Å². The molecule has 57 heavy (non-hydrogen) atoms. The summed E-state index contributed by atoms with van der Waals surface area (Å²) in [5, 5.41) is 6.88.